The van der Waals surface area contributed by atoms with Crippen LogP contribution in [0.2, 0.25) is 0 Å². The maximum absolute atomic E-state index is 12.6. The van der Waals surface area contributed by atoms with Crippen LogP contribution in [0, 0.1) is 13.8 Å². The maximum atomic E-state index is 12.6. The first-order valence-electron chi connectivity index (χ1n) is 8.99. The quantitative estimate of drug-likeness (QED) is 0.800. The standard InChI is InChI=1S/C19H29N3O2/c1-14-7-12-24-19(13-14)8-10-22(11-9-19)18(23)6-5-17-15(2)20-21(4)16(17)3/h13H,5-12H2,1-4H3. The summed E-state index contributed by atoms with van der Waals surface area (Å²) in [5, 5.41) is 4.43. The van der Waals surface area contributed by atoms with E-state index in [1.54, 1.807) is 0 Å². The first-order valence-corrected chi connectivity index (χ1v) is 8.99. The van der Waals surface area contributed by atoms with Gasteiger partial charge in [0.2, 0.25) is 5.91 Å². The second kappa shape index (κ2) is 6.71. The molecule has 0 atom stereocenters. The Balaban J connectivity index is 1.55. The summed E-state index contributed by atoms with van der Waals surface area (Å²) in [4.78, 5) is 14.6. The summed E-state index contributed by atoms with van der Waals surface area (Å²) < 4.78 is 7.94. The van der Waals surface area contributed by atoms with Crippen molar-refractivity contribution in [1.29, 1.82) is 0 Å². The topological polar surface area (TPSA) is 47.4 Å². The molecular weight excluding hydrogens is 302 g/mol. The highest BCUT2D eigenvalue weighted by molar-refractivity contribution is 5.76. The number of ether oxygens (including phenoxy) is 1. The highest BCUT2D eigenvalue weighted by atomic mass is 16.5. The molecule has 5 nitrogen and oxygen atoms in total. The second-order valence-corrected chi connectivity index (χ2v) is 7.31. The minimum atomic E-state index is -0.115. The van der Waals surface area contributed by atoms with Crippen molar-refractivity contribution in [3.05, 3.63) is 28.6 Å². The summed E-state index contributed by atoms with van der Waals surface area (Å²) in [6.07, 6.45) is 6.51. The van der Waals surface area contributed by atoms with Gasteiger partial charge in [0, 0.05) is 32.3 Å². The monoisotopic (exact) mass is 331 g/mol. The molecule has 0 saturated carbocycles. The fraction of sp³-hybridized carbons (Fsp3) is 0.684. The van der Waals surface area contributed by atoms with Gasteiger partial charge in [0.25, 0.3) is 0 Å². The van der Waals surface area contributed by atoms with Crippen molar-refractivity contribution in [3.8, 4) is 0 Å². The van der Waals surface area contributed by atoms with Crippen LogP contribution in [0.25, 0.3) is 0 Å². The number of nitrogens with zero attached hydrogens (tertiary/aromatic N) is 3. The van der Waals surface area contributed by atoms with Crippen LogP contribution in [0.3, 0.4) is 0 Å². The van der Waals surface area contributed by atoms with Crippen molar-refractivity contribution >= 4 is 5.91 Å². The van der Waals surface area contributed by atoms with E-state index >= 15 is 0 Å². The van der Waals surface area contributed by atoms with Crippen molar-refractivity contribution in [2.24, 2.45) is 7.05 Å². The van der Waals surface area contributed by atoms with Gasteiger partial charge in [-0.25, -0.2) is 0 Å². The summed E-state index contributed by atoms with van der Waals surface area (Å²) in [5.41, 5.74) is 4.72. The third-order valence-electron chi connectivity index (χ3n) is 5.61. The number of hydrogen-bond donors (Lipinski definition) is 0. The van der Waals surface area contributed by atoms with E-state index in [0.717, 1.165) is 56.8 Å². The first kappa shape index (κ1) is 17.2. The minimum Gasteiger partial charge on any atom is -0.370 e. The lowest BCUT2D eigenvalue weighted by molar-refractivity contribution is -0.136. The first-order chi connectivity index (χ1) is 11.4. The van der Waals surface area contributed by atoms with E-state index in [9.17, 15) is 4.79 Å². The largest absolute Gasteiger partial charge is 0.370 e. The molecule has 0 aromatic carbocycles. The van der Waals surface area contributed by atoms with Crippen LogP contribution in [0.15, 0.2) is 11.6 Å². The Bertz CT molecular complexity index is 652. The maximum Gasteiger partial charge on any atom is 0.222 e. The molecule has 3 heterocycles. The average molecular weight is 331 g/mol. The lowest BCUT2D eigenvalue weighted by atomic mass is 9.87. The van der Waals surface area contributed by atoms with Gasteiger partial charge < -0.3 is 9.64 Å². The number of amides is 1. The molecule has 2 aliphatic rings. The zero-order valence-corrected chi connectivity index (χ0v) is 15.4. The molecule has 1 spiro atoms. The van der Waals surface area contributed by atoms with Gasteiger partial charge in [0.05, 0.1) is 17.9 Å². The molecular formula is C19H29N3O2. The summed E-state index contributed by atoms with van der Waals surface area (Å²) in [6.45, 7) is 8.68. The van der Waals surface area contributed by atoms with Gasteiger partial charge in [0.15, 0.2) is 0 Å². The third kappa shape index (κ3) is 3.41. The van der Waals surface area contributed by atoms with Gasteiger partial charge in [-0.15, -0.1) is 0 Å². The Morgan fingerprint density at radius 2 is 2.00 bits per heavy atom. The fourth-order valence-electron chi connectivity index (χ4n) is 3.97. The smallest absolute Gasteiger partial charge is 0.222 e. The van der Waals surface area contributed by atoms with E-state index in [0.29, 0.717) is 6.42 Å². The van der Waals surface area contributed by atoms with Crippen molar-refractivity contribution < 1.29 is 9.53 Å². The molecule has 5 heteroatoms. The Hall–Kier alpha value is -1.62. The molecule has 0 aliphatic carbocycles. The Labute approximate surface area is 144 Å². The van der Waals surface area contributed by atoms with Crippen LogP contribution < -0.4 is 0 Å². The van der Waals surface area contributed by atoms with Crippen LogP contribution >= 0.6 is 0 Å². The van der Waals surface area contributed by atoms with Crippen molar-refractivity contribution in [3.63, 3.8) is 0 Å². The predicted octanol–water partition coefficient (Wildman–Crippen LogP) is 2.70. The average Bonchev–Trinajstić information content (AvgIpc) is 2.78. The highest BCUT2D eigenvalue weighted by Crippen LogP contribution is 2.33. The van der Waals surface area contributed by atoms with E-state index in [1.165, 1.54) is 11.1 Å². The molecule has 3 rings (SSSR count). The lowest BCUT2D eigenvalue weighted by Crippen LogP contribution is -2.48. The second-order valence-electron chi connectivity index (χ2n) is 7.31. The number of likely N-dealkylation sites (tertiary alicyclic amines) is 1. The molecule has 1 saturated heterocycles. The van der Waals surface area contributed by atoms with E-state index in [4.69, 9.17) is 4.74 Å². The summed E-state index contributed by atoms with van der Waals surface area (Å²) >= 11 is 0. The Morgan fingerprint density at radius 1 is 1.29 bits per heavy atom. The number of piperidine rings is 1. The molecule has 1 aromatic rings. The molecule has 1 aromatic heterocycles. The SMILES string of the molecule is CC1=CC2(CCN(C(=O)CCc3c(C)nn(C)c3C)CC2)OCC1. The van der Waals surface area contributed by atoms with Gasteiger partial charge >= 0.3 is 0 Å². The molecule has 1 fully saturated rings. The Morgan fingerprint density at radius 3 is 2.58 bits per heavy atom. The van der Waals surface area contributed by atoms with Crippen LogP contribution in [-0.2, 0) is 23.0 Å². The Kier molecular flexibility index (Phi) is 4.81. The number of rotatable bonds is 3. The number of aromatic nitrogens is 2. The van der Waals surface area contributed by atoms with E-state index < -0.39 is 0 Å². The normalized spacial score (nSPS) is 20.3. The molecule has 0 unspecified atom stereocenters. The number of carbonyl (C=O) groups is 1. The molecule has 0 bridgehead atoms. The summed E-state index contributed by atoms with van der Waals surface area (Å²) in [7, 11) is 1.96. The van der Waals surface area contributed by atoms with E-state index in [-0.39, 0.29) is 11.5 Å². The van der Waals surface area contributed by atoms with E-state index in [2.05, 4.69) is 25.0 Å². The van der Waals surface area contributed by atoms with Crippen LogP contribution in [0.1, 0.15) is 49.6 Å². The van der Waals surface area contributed by atoms with Crippen molar-refractivity contribution in [2.45, 2.75) is 58.5 Å². The number of carbonyl (C=O) groups excluding carboxylic acids is 1. The molecule has 0 N–H and O–H groups in total. The van der Waals surface area contributed by atoms with Crippen LogP contribution in [0.4, 0.5) is 0 Å². The molecule has 132 valence electrons. The number of aryl methyl sites for hydroxylation is 2. The van der Waals surface area contributed by atoms with Gasteiger partial charge in [-0.2, -0.15) is 5.10 Å². The molecule has 2 aliphatic heterocycles. The van der Waals surface area contributed by atoms with E-state index in [1.807, 2.05) is 23.6 Å². The van der Waals surface area contributed by atoms with Crippen LogP contribution in [0.5, 0.6) is 0 Å². The third-order valence-corrected chi connectivity index (χ3v) is 5.61. The molecule has 24 heavy (non-hydrogen) atoms. The van der Waals surface area contributed by atoms with Crippen molar-refractivity contribution in [2.75, 3.05) is 19.7 Å². The lowest BCUT2D eigenvalue weighted by Gasteiger charge is -2.42. The summed E-state index contributed by atoms with van der Waals surface area (Å²) in [5.74, 6) is 0.254. The highest BCUT2D eigenvalue weighted by Gasteiger charge is 2.36. The van der Waals surface area contributed by atoms with Crippen molar-refractivity contribution in [1.82, 2.24) is 14.7 Å². The fourth-order valence-corrected chi connectivity index (χ4v) is 3.97. The van der Waals surface area contributed by atoms with Crippen LogP contribution in [-0.4, -0.2) is 45.9 Å². The van der Waals surface area contributed by atoms with Gasteiger partial charge in [-0.1, -0.05) is 11.6 Å². The zero-order chi connectivity index (χ0) is 17.3. The predicted molar refractivity (Wildman–Crippen MR) is 93.9 cm³/mol. The van der Waals surface area contributed by atoms with Gasteiger partial charge in [-0.3, -0.25) is 9.48 Å². The van der Waals surface area contributed by atoms with Gasteiger partial charge in [0.1, 0.15) is 0 Å². The minimum absolute atomic E-state index is 0.115. The zero-order valence-electron chi connectivity index (χ0n) is 15.4. The number of hydrogen-bond acceptors (Lipinski definition) is 3. The molecule has 1 amide bonds. The summed E-state index contributed by atoms with van der Waals surface area (Å²) in [6, 6.07) is 0. The molecule has 0 radical (unpaired) electrons. The van der Waals surface area contributed by atoms with Gasteiger partial charge in [-0.05, 0) is 52.0 Å².